The van der Waals surface area contributed by atoms with Gasteiger partial charge in [-0.25, -0.2) is 8.78 Å². The minimum Gasteiger partial charge on any atom is -0.396 e. The molecular weight excluding hydrogens is 270 g/mol. The lowest BCUT2D eigenvalue weighted by molar-refractivity contribution is 0.264. The van der Waals surface area contributed by atoms with Crippen molar-refractivity contribution in [1.29, 1.82) is 0 Å². The van der Waals surface area contributed by atoms with Crippen LogP contribution in [0.1, 0.15) is 17.0 Å². The maximum atomic E-state index is 13.2. The number of benzene rings is 2. The molecule has 0 spiro atoms. The minimum absolute atomic E-state index is 0.0495. The maximum Gasteiger partial charge on any atom is 0.141 e. The van der Waals surface area contributed by atoms with Gasteiger partial charge in [-0.3, -0.25) is 0 Å². The van der Waals surface area contributed by atoms with Crippen LogP contribution in [0.5, 0.6) is 0 Å². The van der Waals surface area contributed by atoms with Crippen LogP contribution in [0.4, 0.5) is 8.78 Å². The van der Waals surface area contributed by atoms with Crippen molar-refractivity contribution in [3.05, 3.63) is 70.2 Å². The molecule has 0 aliphatic rings. The Balaban J connectivity index is 2.21. The standard InChI is InChI=1S/C15H13ClF2O/c16-14-7-10(4-5-15(14)18)6-12(9-19)11-2-1-3-13(17)8-11/h1-5,7-8,12,19H,6,9H2. The fourth-order valence-corrected chi connectivity index (χ4v) is 2.20. The normalized spacial score (nSPS) is 12.4. The first-order valence-electron chi connectivity index (χ1n) is 5.90. The van der Waals surface area contributed by atoms with Gasteiger partial charge in [-0.15, -0.1) is 0 Å². The number of aliphatic hydroxyl groups is 1. The van der Waals surface area contributed by atoms with Gasteiger partial charge in [0.1, 0.15) is 11.6 Å². The maximum absolute atomic E-state index is 13.2. The monoisotopic (exact) mass is 282 g/mol. The molecule has 0 heterocycles. The molecule has 19 heavy (non-hydrogen) atoms. The lowest BCUT2D eigenvalue weighted by Gasteiger charge is -2.15. The van der Waals surface area contributed by atoms with Crippen molar-refractivity contribution < 1.29 is 13.9 Å². The van der Waals surface area contributed by atoms with E-state index in [0.29, 0.717) is 12.0 Å². The Morgan fingerprint density at radius 3 is 2.53 bits per heavy atom. The summed E-state index contributed by atoms with van der Waals surface area (Å²) in [7, 11) is 0. The lowest BCUT2D eigenvalue weighted by Crippen LogP contribution is -2.08. The molecule has 1 N–H and O–H groups in total. The average molecular weight is 283 g/mol. The van der Waals surface area contributed by atoms with E-state index in [0.717, 1.165) is 5.56 Å². The van der Waals surface area contributed by atoms with Gasteiger partial charge in [0.25, 0.3) is 0 Å². The van der Waals surface area contributed by atoms with Crippen LogP contribution >= 0.6 is 11.6 Å². The first-order chi connectivity index (χ1) is 9.10. The second kappa shape index (κ2) is 6.13. The number of rotatable bonds is 4. The Morgan fingerprint density at radius 1 is 1.11 bits per heavy atom. The van der Waals surface area contributed by atoms with Gasteiger partial charge in [0.15, 0.2) is 0 Å². The summed E-state index contributed by atoms with van der Waals surface area (Å²) in [6.07, 6.45) is 0.472. The van der Waals surface area contributed by atoms with E-state index in [1.165, 1.54) is 24.3 Å². The van der Waals surface area contributed by atoms with Crippen LogP contribution in [0, 0.1) is 11.6 Å². The third kappa shape index (κ3) is 3.52. The van der Waals surface area contributed by atoms with Crippen molar-refractivity contribution in [3.8, 4) is 0 Å². The largest absolute Gasteiger partial charge is 0.396 e. The van der Waals surface area contributed by atoms with Crippen molar-refractivity contribution >= 4 is 11.6 Å². The molecule has 0 amide bonds. The van der Waals surface area contributed by atoms with E-state index in [9.17, 15) is 13.9 Å². The molecule has 1 unspecified atom stereocenters. The molecule has 0 aromatic heterocycles. The molecule has 0 aliphatic heterocycles. The topological polar surface area (TPSA) is 20.2 Å². The summed E-state index contributed by atoms with van der Waals surface area (Å²) in [6, 6.07) is 10.5. The molecule has 0 saturated carbocycles. The lowest BCUT2D eigenvalue weighted by atomic mass is 9.92. The molecule has 0 radical (unpaired) electrons. The highest BCUT2D eigenvalue weighted by Crippen LogP contribution is 2.24. The average Bonchev–Trinajstić information content (AvgIpc) is 2.40. The van der Waals surface area contributed by atoms with Gasteiger partial charge in [-0.1, -0.05) is 29.8 Å². The van der Waals surface area contributed by atoms with E-state index in [1.54, 1.807) is 18.2 Å². The number of halogens is 3. The van der Waals surface area contributed by atoms with E-state index in [-0.39, 0.29) is 23.4 Å². The van der Waals surface area contributed by atoms with Crippen LogP contribution < -0.4 is 0 Å². The second-order valence-corrected chi connectivity index (χ2v) is 4.79. The predicted octanol–water partition coefficient (Wildman–Crippen LogP) is 3.94. The fraction of sp³-hybridized carbons (Fsp3) is 0.200. The SMILES string of the molecule is OCC(Cc1ccc(F)c(Cl)c1)c1cccc(F)c1. The van der Waals surface area contributed by atoms with E-state index in [4.69, 9.17) is 11.6 Å². The fourth-order valence-electron chi connectivity index (χ4n) is 2.00. The highest BCUT2D eigenvalue weighted by atomic mass is 35.5. The highest BCUT2D eigenvalue weighted by Gasteiger charge is 2.13. The predicted molar refractivity (Wildman–Crippen MR) is 71.3 cm³/mol. The molecule has 2 aromatic rings. The molecule has 4 heteroatoms. The van der Waals surface area contributed by atoms with Gasteiger partial charge in [-0.05, 0) is 41.8 Å². The van der Waals surface area contributed by atoms with Crippen molar-refractivity contribution in [2.24, 2.45) is 0 Å². The summed E-state index contributed by atoms with van der Waals surface area (Å²) in [5, 5.41) is 9.48. The summed E-state index contributed by atoms with van der Waals surface area (Å²) in [6.45, 7) is -0.113. The summed E-state index contributed by atoms with van der Waals surface area (Å²) >= 11 is 5.71. The Kier molecular flexibility index (Phi) is 4.51. The first kappa shape index (κ1) is 14.0. The van der Waals surface area contributed by atoms with E-state index in [1.807, 2.05) is 0 Å². The van der Waals surface area contributed by atoms with Crippen molar-refractivity contribution in [2.45, 2.75) is 12.3 Å². The molecule has 2 rings (SSSR count). The van der Waals surface area contributed by atoms with Gasteiger partial charge < -0.3 is 5.11 Å². The van der Waals surface area contributed by atoms with E-state index < -0.39 is 5.82 Å². The van der Waals surface area contributed by atoms with Gasteiger partial charge in [-0.2, -0.15) is 0 Å². The molecule has 1 atom stereocenters. The van der Waals surface area contributed by atoms with Crippen LogP contribution in [-0.2, 0) is 6.42 Å². The molecule has 0 aliphatic carbocycles. The molecule has 0 bridgehead atoms. The Hall–Kier alpha value is -1.45. The van der Waals surface area contributed by atoms with Crippen LogP contribution in [0.3, 0.4) is 0 Å². The van der Waals surface area contributed by atoms with E-state index in [2.05, 4.69) is 0 Å². The van der Waals surface area contributed by atoms with Crippen molar-refractivity contribution in [3.63, 3.8) is 0 Å². The van der Waals surface area contributed by atoms with Crippen LogP contribution in [0.25, 0.3) is 0 Å². The van der Waals surface area contributed by atoms with Crippen LogP contribution in [0.15, 0.2) is 42.5 Å². The van der Waals surface area contributed by atoms with Gasteiger partial charge >= 0.3 is 0 Å². The Morgan fingerprint density at radius 2 is 1.89 bits per heavy atom. The molecule has 0 saturated heterocycles. The van der Waals surface area contributed by atoms with Gasteiger partial charge in [0.2, 0.25) is 0 Å². The molecule has 100 valence electrons. The summed E-state index contributed by atoms with van der Waals surface area (Å²) < 4.78 is 26.2. The van der Waals surface area contributed by atoms with Gasteiger partial charge in [0.05, 0.1) is 11.6 Å². The summed E-state index contributed by atoms with van der Waals surface area (Å²) in [5.74, 6) is -1.05. The Bertz CT molecular complexity index is 572. The third-order valence-electron chi connectivity index (χ3n) is 3.01. The van der Waals surface area contributed by atoms with Crippen LogP contribution in [0.2, 0.25) is 5.02 Å². The van der Waals surface area contributed by atoms with E-state index >= 15 is 0 Å². The van der Waals surface area contributed by atoms with Crippen molar-refractivity contribution in [2.75, 3.05) is 6.61 Å². The second-order valence-electron chi connectivity index (χ2n) is 4.39. The smallest absolute Gasteiger partial charge is 0.141 e. The molecule has 0 fully saturated rings. The Labute approximate surface area is 115 Å². The number of aliphatic hydroxyl groups excluding tert-OH is 1. The molecule has 2 aromatic carbocycles. The van der Waals surface area contributed by atoms with Crippen molar-refractivity contribution in [1.82, 2.24) is 0 Å². The summed E-state index contributed by atoms with van der Waals surface area (Å²) in [4.78, 5) is 0. The third-order valence-corrected chi connectivity index (χ3v) is 3.30. The zero-order valence-electron chi connectivity index (χ0n) is 10.1. The first-order valence-corrected chi connectivity index (χ1v) is 6.28. The molecule has 1 nitrogen and oxygen atoms in total. The summed E-state index contributed by atoms with van der Waals surface area (Å²) in [5.41, 5.74) is 1.51. The number of hydrogen-bond acceptors (Lipinski definition) is 1. The highest BCUT2D eigenvalue weighted by molar-refractivity contribution is 6.30. The van der Waals surface area contributed by atoms with Crippen LogP contribution in [-0.4, -0.2) is 11.7 Å². The minimum atomic E-state index is -0.475. The quantitative estimate of drug-likeness (QED) is 0.901. The number of hydrogen-bond donors (Lipinski definition) is 1. The van der Waals surface area contributed by atoms with Gasteiger partial charge in [0, 0.05) is 5.92 Å². The zero-order valence-corrected chi connectivity index (χ0v) is 10.9. The molecular formula is C15H13ClF2O. The zero-order chi connectivity index (χ0) is 13.8.